The summed E-state index contributed by atoms with van der Waals surface area (Å²) in [5.41, 5.74) is 7.48. The van der Waals surface area contributed by atoms with Gasteiger partial charge in [0.2, 0.25) is 5.88 Å². The van der Waals surface area contributed by atoms with Crippen molar-refractivity contribution in [3.63, 3.8) is 0 Å². The Labute approximate surface area is 123 Å². The maximum absolute atomic E-state index is 6.19. The van der Waals surface area contributed by atoms with Crippen LogP contribution in [0.1, 0.15) is 11.1 Å². The van der Waals surface area contributed by atoms with Gasteiger partial charge >= 0.3 is 0 Å². The number of benzene rings is 1. The summed E-state index contributed by atoms with van der Waals surface area (Å²) in [6.07, 6.45) is 2.40. The molecule has 0 aliphatic rings. The highest BCUT2D eigenvalue weighted by atomic mass is 35.5. The minimum Gasteiger partial charge on any atom is -0.487 e. The standard InChI is InChI=1S/C15H17ClN2O2/c1-19-15-12(5-3-9-18-15)10-20-14-11(7-8-17)4-2-6-13(14)16/h2-6,9H,7-8,10,17H2,1H3. The van der Waals surface area contributed by atoms with Crippen LogP contribution in [0.25, 0.3) is 0 Å². The first-order valence-corrected chi connectivity index (χ1v) is 6.72. The van der Waals surface area contributed by atoms with Crippen molar-refractivity contribution in [3.8, 4) is 11.6 Å². The second kappa shape index (κ2) is 7.12. The summed E-state index contributed by atoms with van der Waals surface area (Å²) in [6, 6.07) is 9.41. The minimum atomic E-state index is 0.346. The lowest BCUT2D eigenvalue weighted by molar-refractivity contribution is 0.291. The summed E-state index contributed by atoms with van der Waals surface area (Å²) >= 11 is 6.19. The number of methoxy groups -OCH3 is 1. The second-order valence-electron chi connectivity index (χ2n) is 4.23. The van der Waals surface area contributed by atoms with E-state index in [0.717, 1.165) is 17.5 Å². The molecule has 0 aliphatic heterocycles. The predicted octanol–water partition coefficient (Wildman–Crippen LogP) is 2.82. The van der Waals surface area contributed by atoms with Crippen molar-refractivity contribution in [2.45, 2.75) is 13.0 Å². The lowest BCUT2D eigenvalue weighted by Crippen LogP contribution is -2.06. The van der Waals surface area contributed by atoms with Crippen LogP contribution in [-0.4, -0.2) is 18.6 Å². The number of hydrogen-bond donors (Lipinski definition) is 1. The van der Waals surface area contributed by atoms with Crippen LogP contribution < -0.4 is 15.2 Å². The van der Waals surface area contributed by atoms with Crippen LogP contribution in [0.3, 0.4) is 0 Å². The predicted molar refractivity (Wildman–Crippen MR) is 79.3 cm³/mol. The maximum Gasteiger partial charge on any atom is 0.219 e. The normalized spacial score (nSPS) is 10.3. The Hall–Kier alpha value is -1.78. The van der Waals surface area contributed by atoms with Crippen LogP contribution in [0, 0.1) is 0 Å². The first-order valence-electron chi connectivity index (χ1n) is 6.34. The quantitative estimate of drug-likeness (QED) is 0.889. The van der Waals surface area contributed by atoms with E-state index >= 15 is 0 Å². The SMILES string of the molecule is COc1ncccc1COc1c(Cl)cccc1CCN. The molecule has 2 aromatic rings. The number of aromatic nitrogens is 1. The van der Waals surface area contributed by atoms with Crippen LogP contribution in [0.4, 0.5) is 0 Å². The molecular weight excluding hydrogens is 276 g/mol. The van der Waals surface area contributed by atoms with E-state index in [2.05, 4.69) is 4.98 Å². The Kier molecular flexibility index (Phi) is 5.21. The molecule has 0 bridgehead atoms. The number of hydrogen-bond acceptors (Lipinski definition) is 4. The van der Waals surface area contributed by atoms with Gasteiger partial charge in [-0.2, -0.15) is 0 Å². The van der Waals surface area contributed by atoms with Crippen LogP contribution in [0.2, 0.25) is 5.02 Å². The zero-order chi connectivity index (χ0) is 14.4. The molecule has 2 N–H and O–H groups in total. The highest BCUT2D eigenvalue weighted by Crippen LogP contribution is 2.30. The Morgan fingerprint density at radius 3 is 2.75 bits per heavy atom. The fourth-order valence-electron chi connectivity index (χ4n) is 1.94. The third-order valence-electron chi connectivity index (χ3n) is 2.88. The molecule has 106 valence electrons. The van der Waals surface area contributed by atoms with E-state index in [9.17, 15) is 0 Å². The molecule has 5 heteroatoms. The number of halogens is 1. The number of nitrogens with two attached hydrogens (primary N) is 1. The second-order valence-corrected chi connectivity index (χ2v) is 4.63. The fourth-order valence-corrected chi connectivity index (χ4v) is 2.18. The third kappa shape index (κ3) is 3.40. The van der Waals surface area contributed by atoms with Gasteiger partial charge in [0.05, 0.1) is 17.7 Å². The summed E-state index contributed by atoms with van der Waals surface area (Å²) < 4.78 is 11.0. The van der Waals surface area contributed by atoms with Crippen molar-refractivity contribution < 1.29 is 9.47 Å². The molecule has 2 rings (SSSR count). The molecule has 0 aliphatic carbocycles. The van der Waals surface area contributed by atoms with Gasteiger partial charge in [0.15, 0.2) is 0 Å². The van der Waals surface area contributed by atoms with Gasteiger partial charge < -0.3 is 15.2 Å². The van der Waals surface area contributed by atoms with E-state index in [1.54, 1.807) is 19.4 Å². The van der Waals surface area contributed by atoms with E-state index in [1.165, 1.54) is 0 Å². The summed E-state index contributed by atoms with van der Waals surface area (Å²) in [7, 11) is 1.58. The van der Waals surface area contributed by atoms with Gasteiger partial charge in [0.1, 0.15) is 12.4 Å². The van der Waals surface area contributed by atoms with Crippen LogP contribution >= 0.6 is 11.6 Å². The first kappa shape index (κ1) is 14.6. The molecular formula is C15H17ClN2O2. The van der Waals surface area contributed by atoms with Crippen molar-refractivity contribution in [2.75, 3.05) is 13.7 Å². The van der Waals surface area contributed by atoms with Crippen molar-refractivity contribution in [3.05, 3.63) is 52.7 Å². The number of para-hydroxylation sites is 1. The molecule has 4 nitrogen and oxygen atoms in total. The van der Waals surface area contributed by atoms with E-state index in [0.29, 0.717) is 29.8 Å². The number of pyridine rings is 1. The molecule has 1 heterocycles. The molecule has 0 saturated carbocycles. The minimum absolute atomic E-state index is 0.346. The smallest absolute Gasteiger partial charge is 0.219 e. The molecule has 0 unspecified atom stereocenters. The first-order chi connectivity index (χ1) is 9.76. The molecule has 0 radical (unpaired) electrons. The fraction of sp³-hybridized carbons (Fsp3) is 0.267. The lowest BCUT2D eigenvalue weighted by Gasteiger charge is -2.13. The van der Waals surface area contributed by atoms with Gasteiger partial charge in [-0.3, -0.25) is 0 Å². The topological polar surface area (TPSA) is 57.4 Å². The zero-order valence-corrected chi connectivity index (χ0v) is 12.1. The Bertz CT molecular complexity index is 576. The molecule has 0 amide bonds. The van der Waals surface area contributed by atoms with E-state index in [-0.39, 0.29) is 0 Å². The van der Waals surface area contributed by atoms with E-state index < -0.39 is 0 Å². The Morgan fingerprint density at radius 1 is 1.20 bits per heavy atom. The highest BCUT2D eigenvalue weighted by Gasteiger charge is 2.10. The molecule has 1 aromatic heterocycles. The number of nitrogens with zero attached hydrogens (tertiary/aromatic N) is 1. The summed E-state index contributed by atoms with van der Waals surface area (Å²) in [5.74, 6) is 1.23. The van der Waals surface area contributed by atoms with Crippen molar-refractivity contribution >= 4 is 11.6 Å². The largest absolute Gasteiger partial charge is 0.487 e. The maximum atomic E-state index is 6.19. The van der Waals surface area contributed by atoms with Crippen molar-refractivity contribution in [1.29, 1.82) is 0 Å². The van der Waals surface area contributed by atoms with Gasteiger partial charge in [-0.15, -0.1) is 0 Å². The molecule has 0 saturated heterocycles. The zero-order valence-electron chi connectivity index (χ0n) is 11.3. The number of rotatable bonds is 6. The van der Waals surface area contributed by atoms with Gasteiger partial charge in [0, 0.05) is 6.20 Å². The molecule has 0 fully saturated rings. The number of ether oxygens (including phenoxy) is 2. The summed E-state index contributed by atoms with van der Waals surface area (Å²) in [5, 5.41) is 0.582. The van der Waals surface area contributed by atoms with Gasteiger partial charge in [-0.05, 0) is 36.7 Å². The van der Waals surface area contributed by atoms with Gasteiger partial charge in [0.25, 0.3) is 0 Å². The monoisotopic (exact) mass is 292 g/mol. The van der Waals surface area contributed by atoms with Gasteiger partial charge in [-0.25, -0.2) is 4.98 Å². The Morgan fingerprint density at radius 2 is 2.00 bits per heavy atom. The molecule has 20 heavy (non-hydrogen) atoms. The molecule has 0 atom stereocenters. The Balaban J connectivity index is 2.18. The van der Waals surface area contributed by atoms with E-state index in [4.69, 9.17) is 26.8 Å². The third-order valence-corrected chi connectivity index (χ3v) is 3.18. The van der Waals surface area contributed by atoms with Crippen LogP contribution in [0.5, 0.6) is 11.6 Å². The van der Waals surface area contributed by atoms with Crippen molar-refractivity contribution in [2.24, 2.45) is 5.73 Å². The lowest BCUT2D eigenvalue weighted by atomic mass is 10.1. The van der Waals surface area contributed by atoms with Crippen molar-refractivity contribution in [1.82, 2.24) is 4.98 Å². The summed E-state index contributed by atoms with van der Waals surface area (Å²) in [6.45, 7) is 0.894. The molecule has 1 aromatic carbocycles. The average molecular weight is 293 g/mol. The van der Waals surface area contributed by atoms with Crippen LogP contribution in [0.15, 0.2) is 36.5 Å². The van der Waals surface area contributed by atoms with Crippen LogP contribution in [-0.2, 0) is 13.0 Å². The summed E-state index contributed by atoms with van der Waals surface area (Å²) in [4.78, 5) is 4.14. The van der Waals surface area contributed by atoms with E-state index in [1.807, 2.05) is 24.3 Å². The average Bonchev–Trinajstić information content (AvgIpc) is 2.47. The highest BCUT2D eigenvalue weighted by molar-refractivity contribution is 6.32. The molecule has 0 spiro atoms. The van der Waals surface area contributed by atoms with Gasteiger partial charge in [-0.1, -0.05) is 23.7 Å².